The van der Waals surface area contributed by atoms with Gasteiger partial charge in [0.25, 0.3) is 0 Å². The largest absolute Gasteiger partial charge is 0.504 e. The Hall–Kier alpha value is -3.15. The molecule has 0 unspecified atom stereocenters. The van der Waals surface area contributed by atoms with E-state index in [2.05, 4.69) is 4.98 Å². The summed E-state index contributed by atoms with van der Waals surface area (Å²) in [6.45, 7) is 0. The van der Waals surface area contributed by atoms with Gasteiger partial charge in [0.15, 0.2) is 23.0 Å². The summed E-state index contributed by atoms with van der Waals surface area (Å²) in [5.41, 5.74) is 3.17. The first-order valence-electron chi connectivity index (χ1n) is 7.69. The quantitative estimate of drug-likeness (QED) is 0.612. The molecule has 1 aromatic heterocycles. The van der Waals surface area contributed by atoms with Gasteiger partial charge in [-0.05, 0) is 23.8 Å². The van der Waals surface area contributed by atoms with Gasteiger partial charge < -0.3 is 24.1 Å². The molecule has 25 heavy (non-hydrogen) atoms. The minimum absolute atomic E-state index is 0.0609. The highest BCUT2D eigenvalue weighted by molar-refractivity contribution is 6.20. The van der Waals surface area contributed by atoms with E-state index in [4.69, 9.17) is 18.9 Å². The number of aromatic hydroxyl groups is 1. The van der Waals surface area contributed by atoms with Crippen molar-refractivity contribution in [3.63, 3.8) is 0 Å². The van der Waals surface area contributed by atoms with Crippen LogP contribution in [0.1, 0.15) is 0 Å². The number of ether oxygens (including phenoxy) is 4. The van der Waals surface area contributed by atoms with Crippen LogP contribution in [0.15, 0.2) is 24.4 Å². The van der Waals surface area contributed by atoms with Crippen LogP contribution in [0.2, 0.25) is 0 Å². The van der Waals surface area contributed by atoms with Crippen molar-refractivity contribution >= 4 is 10.8 Å². The molecule has 2 aromatic carbocycles. The van der Waals surface area contributed by atoms with Crippen LogP contribution in [0.3, 0.4) is 0 Å². The van der Waals surface area contributed by atoms with Crippen molar-refractivity contribution in [1.29, 1.82) is 0 Å². The van der Waals surface area contributed by atoms with Gasteiger partial charge in [0.2, 0.25) is 5.75 Å². The standard InChI is InChI=1S/C19H17NO5/c1-22-16-10-7-8-20-15-12(10)13(18(24-3)19(16)25-4)9-5-6-11(21)17(23-2)14(9)15/h5-8,21H,1-4H3. The number of methoxy groups -OCH3 is 4. The fourth-order valence-electron chi connectivity index (χ4n) is 3.61. The van der Waals surface area contributed by atoms with Crippen LogP contribution in [-0.2, 0) is 0 Å². The summed E-state index contributed by atoms with van der Waals surface area (Å²) in [5.74, 6) is 2.11. The zero-order valence-corrected chi connectivity index (χ0v) is 14.3. The fourth-order valence-corrected chi connectivity index (χ4v) is 3.61. The number of benzene rings is 2. The third kappa shape index (κ3) is 1.82. The van der Waals surface area contributed by atoms with Crippen LogP contribution in [0, 0.1) is 0 Å². The molecule has 0 saturated carbocycles. The van der Waals surface area contributed by atoms with Gasteiger partial charge in [0.1, 0.15) is 0 Å². The SMILES string of the molecule is COc1c(O)ccc2c1-c1nccc3c(OC)c(OC)c(OC)c-2c13. The highest BCUT2D eigenvalue weighted by Crippen LogP contribution is 2.60. The third-order valence-corrected chi connectivity index (χ3v) is 4.54. The average molecular weight is 339 g/mol. The van der Waals surface area contributed by atoms with Gasteiger partial charge in [0, 0.05) is 22.5 Å². The number of hydrogen-bond acceptors (Lipinski definition) is 6. The van der Waals surface area contributed by atoms with Crippen molar-refractivity contribution in [3.8, 4) is 51.1 Å². The first-order valence-corrected chi connectivity index (χ1v) is 7.69. The molecule has 128 valence electrons. The summed E-state index contributed by atoms with van der Waals surface area (Å²) in [6.07, 6.45) is 1.70. The Labute approximate surface area is 144 Å². The first kappa shape index (κ1) is 15.4. The topological polar surface area (TPSA) is 70.0 Å². The summed E-state index contributed by atoms with van der Waals surface area (Å²) < 4.78 is 22.3. The highest BCUT2D eigenvalue weighted by atomic mass is 16.5. The second-order valence-electron chi connectivity index (χ2n) is 5.60. The molecular formula is C19H17NO5. The minimum Gasteiger partial charge on any atom is -0.504 e. The van der Waals surface area contributed by atoms with E-state index in [-0.39, 0.29) is 5.75 Å². The van der Waals surface area contributed by atoms with Crippen LogP contribution >= 0.6 is 0 Å². The highest BCUT2D eigenvalue weighted by Gasteiger charge is 2.34. The molecule has 1 aliphatic carbocycles. The first-order chi connectivity index (χ1) is 12.2. The van der Waals surface area contributed by atoms with E-state index >= 15 is 0 Å². The van der Waals surface area contributed by atoms with Crippen molar-refractivity contribution < 1.29 is 24.1 Å². The Morgan fingerprint density at radius 1 is 0.760 bits per heavy atom. The second kappa shape index (κ2) is 5.44. The Balaban J connectivity index is 2.27. The lowest BCUT2D eigenvalue weighted by Crippen LogP contribution is -1.98. The molecule has 4 rings (SSSR count). The molecule has 1 aliphatic rings. The predicted octanol–water partition coefficient (Wildman–Crippen LogP) is 3.62. The molecule has 6 heteroatoms. The zero-order valence-electron chi connectivity index (χ0n) is 14.3. The lowest BCUT2D eigenvalue weighted by Gasteiger charge is -2.17. The van der Waals surface area contributed by atoms with Gasteiger partial charge in [-0.1, -0.05) is 0 Å². The molecule has 0 atom stereocenters. The summed E-state index contributed by atoms with van der Waals surface area (Å²) in [4.78, 5) is 4.53. The molecule has 0 bridgehead atoms. The van der Waals surface area contributed by atoms with Crippen molar-refractivity contribution in [3.05, 3.63) is 24.4 Å². The number of hydrogen-bond donors (Lipinski definition) is 1. The second-order valence-corrected chi connectivity index (χ2v) is 5.60. The summed E-state index contributed by atoms with van der Waals surface area (Å²) in [7, 11) is 6.28. The number of pyridine rings is 1. The monoisotopic (exact) mass is 339 g/mol. The Morgan fingerprint density at radius 3 is 2.08 bits per heavy atom. The number of phenols is 1. The summed E-state index contributed by atoms with van der Waals surface area (Å²) in [5, 5.41) is 11.9. The molecule has 0 aliphatic heterocycles. The lowest BCUT2D eigenvalue weighted by molar-refractivity contribution is 0.328. The van der Waals surface area contributed by atoms with E-state index in [1.54, 1.807) is 33.6 Å². The number of aromatic nitrogens is 1. The lowest BCUT2D eigenvalue weighted by atomic mass is 10.0. The number of phenolic OH excluding ortho intramolecular Hbond substituents is 1. The van der Waals surface area contributed by atoms with Gasteiger partial charge in [-0.3, -0.25) is 4.98 Å². The van der Waals surface area contributed by atoms with Crippen LogP contribution in [-0.4, -0.2) is 38.5 Å². The van der Waals surface area contributed by atoms with Crippen molar-refractivity contribution in [2.24, 2.45) is 0 Å². The molecule has 0 saturated heterocycles. The molecule has 0 fully saturated rings. The summed E-state index contributed by atoms with van der Waals surface area (Å²) >= 11 is 0. The van der Waals surface area contributed by atoms with Crippen molar-refractivity contribution in [1.82, 2.24) is 4.98 Å². The van der Waals surface area contributed by atoms with Crippen molar-refractivity contribution in [2.75, 3.05) is 28.4 Å². The maximum Gasteiger partial charge on any atom is 0.204 e. The van der Waals surface area contributed by atoms with Crippen LogP contribution < -0.4 is 18.9 Å². The molecular weight excluding hydrogens is 322 g/mol. The predicted molar refractivity (Wildman–Crippen MR) is 94.0 cm³/mol. The van der Waals surface area contributed by atoms with Gasteiger partial charge in [-0.15, -0.1) is 0 Å². The minimum atomic E-state index is 0.0609. The fraction of sp³-hybridized carbons (Fsp3) is 0.211. The van der Waals surface area contributed by atoms with Crippen LogP contribution in [0.4, 0.5) is 0 Å². The molecule has 6 nitrogen and oxygen atoms in total. The van der Waals surface area contributed by atoms with Gasteiger partial charge >= 0.3 is 0 Å². The third-order valence-electron chi connectivity index (χ3n) is 4.54. The molecule has 0 amide bonds. The molecule has 3 aromatic rings. The number of nitrogens with zero attached hydrogens (tertiary/aromatic N) is 1. The zero-order chi connectivity index (χ0) is 17.7. The van der Waals surface area contributed by atoms with Crippen LogP contribution in [0.5, 0.6) is 28.7 Å². The normalized spacial score (nSPS) is 11.4. The Kier molecular flexibility index (Phi) is 3.35. The average Bonchev–Trinajstić information content (AvgIpc) is 2.97. The molecule has 1 N–H and O–H groups in total. The van der Waals surface area contributed by atoms with Crippen LogP contribution in [0.25, 0.3) is 33.2 Å². The Morgan fingerprint density at radius 2 is 1.44 bits per heavy atom. The van der Waals surface area contributed by atoms with Gasteiger partial charge in [-0.25, -0.2) is 0 Å². The van der Waals surface area contributed by atoms with Crippen molar-refractivity contribution in [2.45, 2.75) is 0 Å². The molecule has 0 radical (unpaired) electrons. The number of fused-ring (bicyclic) bond motifs is 3. The van der Waals surface area contributed by atoms with E-state index in [0.717, 1.165) is 33.2 Å². The van der Waals surface area contributed by atoms with E-state index in [0.29, 0.717) is 23.0 Å². The number of rotatable bonds is 4. The van der Waals surface area contributed by atoms with E-state index in [9.17, 15) is 5.11 Å². The maximum absolute atomic E-state index is 10.2. The maximum atomic E-state index is 10.2. The van der Waals surface area contributed by atoms with E-state index in [1.807, 2.05) is 12.1 Å². The van der Waals surface area contributed by atoms with E-state index in [1.165, 1.54) is 7.11 Å². The van der Waals surface area contributed by atoms with Gasteiger partial charge in [0.05, 0.1) is 39.7 Å². The van der Waals surface area contributed by atoms with E-state index < -0.39 is 0 Å². The summed E-state index contributed by atoms with van der Waals surface area (Å²) in [6, 6.07) is 5.31. The molecule has 0 spiro atoms. The smallest absolute Gasteiger partial charge is 0.204 e. The molecule has 1 heterocycles. The Bertz CT molecular complexity index is 1010. The van der Waals surface area contributed by atoms with Gasteiger partial charge in [-0.2, -0.15) is 0 Å².